The lowest BCUT2D eigenvalue weighted by molar-refractivity contribution is 0.785. The number of hydrogen-bond donors (Lipinski definition) is 0. The minimum absolute atomic E-state index is 0.621. The second kappa shape index (κ2) is 5.51. The van der Waals surface area contributed by atoms with E-state index >= 15 is 0 Å². The molecule has 3 heteroatoms. The van der Waals surface area contributed by atoms with E-state index in [2.05, 4.69) is 18.8 Å². The van der Waals surface area contributed by atoms with Crippen molar-refractivity contribution in [2.75, 3.05) is 0 Å². The standard InChI is InChI=1S/C10H14ClNS/c1-3-4-8(2)13-10-7-9(11)5-6-12-10/h5-8H,3-4H2,1-2H3/t8-/m0/s1. The average Bonchev–Trinajstić information content (AvgIpc) is 2.04. The van der Waals surface area contributed by atoms with Gasteiger partial charge in [-0.2, -0.15) is 0 Å². The van der Waals surface area contributed by atoms with Crippen LogP contribution in [0.25, 0.3) is 0 Å². The Balaban J connectivity index is 2.53. The van der Waals surface area contributed by atoms with E-state index in [1.54, 1.807) is 24.0 Å². The van der Waals surface area contributed by atoms with Gasteiger partial charge in [0.15, 0.2) is 0 Å². The number of nitrogens with zero attached hydrogens (tertiary/aromatic N) is 1. The van der Waals surface area contributed by atoms with Crippen LogP contribution in [0.4, 0.5) is 0 Å². The minimum atomic E-state index is 0.621. The summed E-state index contributed by atoms with van der Waals surface area (Å²) in [6.07, 6.45) is 4.19. The predicted molar refractivity (Wildman–Crippen MR) is 59.5 cm³/mol. The predicted octanol–water partition coefficient (Wildman–Crippen LogP) is 4.02. The maximum Gasteiger partial charge on any atom is 0.0977 e. The maximum absolute atomic E-state index is 5.85. The van der Waals surface area contributed by atoms with Crippen LogP contribution in [-0.2, 0) is 0 Å². The smallest absolute Gasteiger partial charge is 0.0977 e. The van der Waals surface area contributed by atoms with Gasteiger partial charge in [-0.3, -0.25) is 0 Å². The zero-order chi connectivity index (χ0) is 9.68. The zero-order valence-corrected chi connectivity index (χ0v) is 9.53. The Morgan fingerprint density at radius 3 is 3.00 bits per heavy atom. The van der Waals surface area contributed by atoms with E-state index in [9.17, 15) is 0 Å². The van der Waals surface area contributed by atoms with Gasteiger partial charge in [-0.05, 0) is 18.6 Å². The van der Waals surface area contributed by atoms with Crippen LogP contribution in [0.15, 0.2) is 23.4 Å². The summed E-state index contributed by atoms with van der Waals surface area (Å²) in [7, 11) is 0. The molecular formula is C10H14ClNS. The van der Waals surface area contributed by atoms with Crippen LogP contribution >= 0.6 is 23.4 Å². The lowest BCUT2D eigenvalue weighted by Gasteiger charge is -2.08. The average molecular weight is 216 g/mol. The zero-order valence-electron chi connectivity index (χ0n) is 7.96. The first-order valence-electron chi connectivity index (χ1n) is 4.50. The Bertz CT molecular complexity index is 265. The van der Waals surface area contributed by atoms with Gasteiger partial charge in [0.25, 0.3) is 0 Å². The highest BCUT2D eigenvalue weighted by atomic mass is 35.5. The third-order valence-electron chi connectivity index (χ3n) is 1.71. The van der Waals surface area contributed by atoms with Gasteiger partial charge in [0.1, 0.15) is 0 Å². The summed E-state index contributed by atoms with van der Waals surface area (Å²) in [6.45, 7) is 4.42. The number of hydrogen-bond acceptors (Lipinski definition) is 2. The normalized spacial score (nSPS) is 12.8. The summed E-state index contributed by atoms with van der Waals surface area (Å²) in [5, 5.41) is 2.41. The summed E-state index contributed by atoms with van der Waals surface area (Å²) in [5.74, 6) is 0. The molecule has 1 rings (SSSR count). The van der Waals surface area contributed by atoms with Gasteiger partial charge >= 0.3 is 0 Å². The van der Waals surface area contributed by atoms with Gasteiger partial charge in [-0.15, -0.1) is 11.8 Å². The van der Waals surface area contributed by atoms with Crippen LogP contribution in [0, 0.1) is 0 Å². The van der Waals surface area contributed by atoms with Crippen molar-refractivity contribution in [3.8, 4) is 0 Å². The van der Waals surface area contributed by atoms with E-state index in [0.29, 0.717) is 5.25 Å². The molecule has 0 aliphatic heterocycles. The molecular weight excluding hydrogens is 202 g/mol. The second-order valence-corrected chi connectivity index (χ2v) is 4.92. The summed E-state index contributed by atoms with van der Waals surface area (Å²) >= 11 is 7.64. The van der Waals surface area contributed by atoms with Crippen LogP contribution in [0.5, 0.6) is 0 Å². The molecule has 1 atom stereocenters. The van der Waals surface area contributed by atoms with Crippen molar-refractivity contribution < 1.29 is 0 Å². The summed E-state index contributed by atoms with van der Waals surface area (Å²) in [5.41, 5.74) is 0. The first-order chi connectivity index (χ1) is 6.22. The van der Waals surface area contributed by atoms with Crippen LogP contribution < -0.4 is 0 Å². The van der Waals surface area contributed by atoms with Gasteiger partial charge in [0.2, 0.25) is 0 Å². The molecule has 0 amide bonds. The van der Waals surface area contributed by atoms with Gasteiger partial charge < -0.3 is 0 Å². The fourth-order valence-electron chi connectivity index (χ4n) is 1.12. The monoisotopic (exact) mass is 215 g/mol. The molecule has 1 nitrogen and oxygen atoms in total. The SMILES string of the molecule is CCC[C@H](C)Sc1cc(Cl)ccn1. The van der Waals surface area contributed by atoms with E-state index < -0.39 is 0 Å². The Morgan fingerprint density at radius 2 is 2.38 bits per heavy atom. The van der Waals surface area contributed by atoms with Crippen LogP contribution in [0.1, 0.15) is 26.7 Å². The Kier molecular flexibility index (Phi) is 4.60. The third-order valence-corrected chi connectivity index (χ3v) is 3.05. The summed E-state index contributed by atoms with van der Waals surface area (Å²) in [6, 6.07) is 3.72. The van der Waals surface area contributed by atoms with Crippen LogP contribution in [0.2, 0.25) is 5.02 Å². The van der Waals surface area contributed by atoms with Gasteiger partial charge in [-0.1, -0.05) is 31.9 Å². The van der Waals surface area contributed by atoms with Crippen LogP contribution in [0.3, 0.4) is 0 Å². The van der Waals surface area contributed by atoms with E-state index in [1.807, 2.05) is 6.07 Å². The van der Waals surface area contributed by atoms with E-state index in [1.165, 1.54) is 12.8 Å². The molecule has 0 aromatic carbocycles. The number of pyridine rings is 1. The van der Waals surface area contributed by atoms with E-state index in [-0.39, 0.29) is 0 Å². The van der Waals surface area contributed by atoms with Crippen molar-refractivity contribution in [1.82, 2.24) is 4.98 Å². The fourth-order valence-corrected chi connectivity index (χ4v) is 2.43. The van der Waals surface area contributed by atoms with Crippen molar-refractivity contribution >= 4 is 23.4 Å². The second-order valence-electron chi connectivity index (χ2n) is 3.03. The maximum atomic E-state index is 5.85. The largest absolute Gasteiger partial charge is 0.250 e. The number of thioether (sulfide) groups is 1. The van der Waals surface area contributed by atoms with Gasteiger partial charge in [0, 0.05) is 16.5 Å². The molecule has 1 aromatic rings. The highest BCUT2D eigenvalue weighted by Gasteiger charge is 2.04. The number of halogens is 1. The number of aromatic nitrogens is 1. The van der Waals surface area contributed by atoms with E-state index in [4.69, 9.17) is 11.6 Å². The lowest BCUT2D eigenvalue weighted by atomic mass is 10.3. The first kappa shape index (κ1) is 10.9. The van der Waals surface area contributed by atoms with Crippen molar-refractivity contribution in [3.63, 3.8) is 0 Å². The fraction of sp³-hybridized carbons (Fsp3) is 0.500. The molecule has 0 radical (unpaired) electrons. The molecule has 0 aliphatic rings. The van der Waals surface area contributed by atoms with Crippen molar-refractivity contribution in [2.45, 2.75) is 37.0 Å². The highest BCUT2D eigenvalue weighted by Crippen LogP contribution is 2.25. The topological polar surface area (TPSA) is 12.9 Å². The quantitative estimate of drug-likeness (QED) is 0.704. The van der Waals surface area contributed by atoms with Crippen molar-refractivity contribution in [3.05, 3.63) is 23.4 Å². The minimum Gasteiger partial charge on any atom is -0.250 e. The Labute approximate surface area is 88.9 Å². The number of rotatable bonds is 4. The molecule has 0 unspecified atom stereocenters. The lowest BCUT2D eigenvalue weighted by Crippen LogP contribution is -1.95. The first-order valence-corrected chi connectivity index (χ1v) is 5.76. The third kappa shape index (κ3) is 4.01. The molecule has 1 heterocycles. The Hall–Kier alpha value is -0.210. The van der Waals surface area contributed by atoms with Crippen molar-refractivity contribution in [2.24, 2.45) is 0 Å². The molecule has 1 aromatic heterocycles. The van der Waals surface area contributed by atoms with Gasteiger partial charge in [0.05, 0.1) is 5.03 Å². The van der Waals surface area contributed by atoms with Crippen LogP contribution in [-0.4, -0.2) is 10.2 Å². The van der Waals surface area contributed by atoms with Gasteiger partial charge in [-0.25, -0.2) is 4.98 Å². The molecule has 0 saturated heterocycles. The molecule has 0 spiro atoms. The molecule has 0 bridgehead atoms. The molecule has 0 saturated carbocycles. The summed E-state index contributed by atoms with van der Waals surface area (Å²) in [4.78, 5) is 4.24. The molecule has 72 valence electrons. The summed E-state index contributed by atoms with van der Waals surface area (Å²) < 4.78 is 0. The van der Waals surface area contributed by atoms with Crippen molar-refractivity contribution in [1.29, 1.82) is 0 Å². The highest BCUT2D eigenvalue weighted by molar-refractivity contribution is 7.99. The molecule has 0 aliphatic carbocycles. The van der Waals surface area contributed by atoms with E-state index in [0.717, 1.165) is 10.0 Å². The Morgan fingerprint density at radius 1 is 1.62 bits per heavy atom. The molecule has 0 fully saturated rings. The molecule has 0 N–H and O–H groups in total. The molecule has 13 heavy (non-hydrogen) atoms.